The van der Waals surface area contributed by atoms with Crippen molar-refractivity contribution in [3.05, 3.63) is 27.1 Å². The first kappa shape index (κ1) is 22.8. The molecule has 0 atom stereocenters. The zero-order valence-electron chi connectivity index (χ0n) is 15.9. The van der Waals surface area contributed by atoms with Crippen LogP contribution in [0.2, 0.25) is 0 Å². The number of benzene rings is 1. The second-order valence-corrected chi connectivity index (χ2v) is 7.32. The third-order valence-corrected chi connectivity index (χ3v) is 5.07. The minimum absolute atomic E-state index is 0.150. The van der Waals surface area contributed by atoms with E-state index in [0.29, 0.717) is 15.8 Å². The van der Waals surface area contributed by atoms with Crippen molar-refractivity contribution in [3.63, 3.8) is 0 Å². The van der Waals surface area contributed by atoms with Crippen LogP contribution < -0.4 is 9.47 Å². The molecule has 1 aromatic rings. The standard InChI is InChI=1S/C18H18BrNO8S/c1-4-27-14(21)8-20-17(23)13(29-18(20)24)7-10-5-11(19)16(12(6-10)25-2)28-9-15(22)26-3/h5-7H,4,8-9H2,1-3H3/b13-7+. The van der Waals surface area contributed by atoms with Gasteiger partial charge < -0.3 is 18.9 Å². The number of nitrogens with zero attached hydrogens (tertiary/aromatic N) is 1. The molecule has 0 aromatic heterocycles. The van der Waals surface area contributed by atoms with Crippen molar-refractivity contribution in [2.45, 2.75) is 6.92 Å². The topological polar surface area (TPSA) is 108 Å². The molecule has 1 aliphatic heterocycles. The zero-order valence-corrected chi connectivity index (χ0v) is 18.3. The largest absolute Gasteiger partial charge is 0.493 e. The number of methoxy groups -OCH3 is 2. The van der Waals surface area contributed by atoms with Gasteiger partial charge in [-0.25, -0.2) is 4.79 Å². The van der Waals surface area contributed by atoms with Crippen LogP contribution >= 0.6 is 27.7 Å². The lowest BCUT2D eigenvalue weighted by Gasteiger charge is -2.13. The Bertz CT molecular complexity index is 870. The van der Waals surface area contributed by atoms with Gasteiger partial charge in [0.15, 0.2) is 18.1 Å². The molecule has 1 fully saturated rings. The molecule has 29 heavy (non-hydrogen) atoms. The van der Waals surface area contributed by atoms with Crippen LogP contribution in [0.1, 0.15) is 12.5 Å². The molecule has 0 saturated carbocycles. The molecule has 2 amide bonds. The molecule has 0 unspecified atom stereocenters. The van der Waals surface area contributed by atoms with Gasteiger partial charge >= 0.3 is 11.9 Å². The minimum Gasteiger partial charge on any atom is -0.493 e. The number of rotatable bonds is 8. The van der Waals surface area contributed by atoms with Crippen LogP contribution in [0.3, 0.4) is 0 Å². The molecule has 9 nitrogen and oxygen atoms in total. The molecule has 1 heterocycles. The summed E-state index contributed by atoms with van der Waals surface area (Å²) in [6.07, 6.45) is 1.49. The fourth-order valence-electron chi connectivity index (χ4n) is 2.28. The van der Waals surface area contributed by atoms with Gasteiger partial charge in [-0.3, -0.25) is 19.3 Å². The van der Waals surface area contributed by atoms with E-state index in [4.69, 9.17) is 14.2 Å². The van der Waals surface area contributed by atoms with Crippen LogP contribution in [0.25, 0.3) is 6.08 Å². The van der Waals surface area contributed by atoms with Crippen molar-refractivity contribution < 1.29 is 38.1 Å². The lowest BCUT2D eigenvalue weighted by atomic mass is 10.2. The maximum absolute atomic E-state index is 12.5. The van der Waals surface area contributed by atoms with E-state index >= 15 is 0 Å². The third kappa shape index (κ3) is 5.73. The van der Waals surface area contributed by atoms with Crippen molar-refractivity contribution in [2.24, 2.45) is 0 Å². The first-order chi connectivity index (χ1) is 13.8. The van der Waals surface area contributed by atoms with E-state index in [1.54, 1.807) is 19.1 Å². The van der Waals surface area contributed by atoms with Crippen LogP contribution in [-0.2, 0) is 23.9 Å². The van der Waals surface area contributed by atoms with Crippen LogP contribution in [0, 0.1) is 0 Å². The highest BCUT2D eigenvalue weighted by Gasteiger charge is 2.36. The first-order valence-electron chi connectivity index (χ1n) is 8.28. The Labute approximate surface area is 179 Å². The molecule has 0 N–H and O–H groups in total. The third-order valence-electron chi connectivity index (χ3n) is 3.58. The van der Waals surface area contributed by atoms with Gasteiger partial charge in [-0.15, -0.1) is 0 Å². The molecule has 2 rings (SSSR count). The fourth-order valence-corrected chi connectivity index (χ4v) is 3.69. The average Bonchev–Trinajstić information content (AvgIpc) is 2.94. The highest BCUT2D eigenvalue weighted by molar-refractivity contribution is 9.10. The molecule has 0 radical (unpaired) electrons. The number of esters is 2. The van der Waals surface area contributed by atoms with Gasteiger partial charge in [-0.05, 0) is 58.4 Å². The summed E-state index contributed by atoms with van der Waals surface area (Å²) in [4.78, 5) is 48.4. The molecule has 0 spiro atoms. The van der Waals surface area contributed by atoms with Gasteiger partial charge in [0.05, 0.1) is 30.2 Å². The SMILES string of the molecule is CCOC(=O)CN1C(=O)S/C(=C/c2cc(Br)c(OCC(=O)OC)c(OC)c2)C1=O. The monoisotopic (exact) mass is 487 g/mol. The Kier molecular flexibility index (Phi) is 8.09. The predicted octanol–water partition coefficient (Wildman–Crippen LogP) is 2.61. The molecule has 1 aliphatic rings. The Balaban J connectivity index is 2.24. The van der Waals surface area contributed by atoms with Gasteiger partial charge in [0.1, 0.15) is 6.54 Å². The van der Waals surface area contributed by atoms with Crippen molar-refractivity contribution in [3.8, 4) is 11.5 Å². The molecule has 1 saturated heterocycles. The molecule has 156 valence electrons. The number of hydrogen-bond donors (Lipinski definition) is 0. The summed E-state index contributed by atoms with van der Waals surface area (Å²) in [5.74, 6) is -1.22. The second-order valence-electron chi connectivity index (χ2n) is 5.47. The number of carbonyl (C=O) groups is 4. The van der Waals surface area contributed by atoms with Crippen LogP contribution in [0.5, 0.6) is 11.5 Å². The van der Waals surface area contributed by atoms with Crippen molar-refractivity contribution in [2.75, 3.05) is 34.0 Å². The Hall–Kier alpha value is -2.53. The summed E-state index contributed by atoms with van der Waals surface area (Å²) in [5, 5.41) is -0.557. The van der Waals surface area contributed by atoms with Crippen molar-refractivity contribution in [1.82, 2.24) is 4.90 Å². The Morgan fingerprint density at radius 3 is 2.55 bits per heavy atom. The molecule has 0 bridgehead atoms. The van der Waals surface area contributed by atoms with E-state index in [-0.39, 0.29) is 23.9 Å². The van der Waals surface area contributed by atoms with Crippen LogP contribution in [0.15, 0.2) is 21.5 Å². The highest BCUT2D eigenvalue weighted by atomic mass is 79.9. The van der Waals surface area contributed by atoms with E-state index in [2.05, 4.69) is 20.7 Å². The molecule has 1 aromatic carbocycles. The maximum Gasteiger partial charge on any atom is 0.343 e. The summed E-state index contributed by atoms with van der Waals surface area (Å²) < 4.78 is 20.5. The second kappa shape index (κ2) is 10.3. The van der Waals surface area contributed by atoms with E-state index in [1.807, 2.05) is 0 Å². The number of hydrogen-bond acceptors (Lipinski definition) is 9. The first-order valence-corrected chi connectivity index (χ1v) is 9.89. The molecular weight excluding hydrogens is 470 g/mol. The number of ether oxygens (including phenoxy) is 4. The minimum atomic E-state index is -0.660. The smallest absolute Gasteiger partial charge is 0.343 e. The number of imide groups is 1. The molecule has 0 aliphatic carbocycles. The summed E-state index contributed by atoms with van der Waals surface area (Å²) in [5.41, 5.74) is 0.542. The number of amides is 2. The summed E-state index contributed by atoms with van der Waals surface area (Å²) in [6.45, 7) is 1.04. The van der Waals surface area contributed by atoms with E-state index in [0.717, 1.165) is 16.7 Å². The van der Waals surface area contributed by atoms with Gasteiger partial charge in [-0.2, -0.15) is 0 Å². The Morgan fingerprint density at radius 2 is 1.93 bits per heavy atom. The molecule has 11 heteroatoms. The predicted molar refractivity (Wildman–Crippen MR) is 108 cm³/mol. The van der Waals surface area contributed by atoms with Crippen molar-refractivity contribution >= 4 is 56.9 Å². The number of halogens is 1. The lowest BCUT2D eigenvalue weighted by molar-refractivity contribution is -0.146. The van der Waals surface area contributed by atoms with Crippen LogP contribution in [0.4, 0.5) is 4.79 Å². The molecular formula is C18H18BrNO8S. The van der Waals surface area contributed by atoms with Crippen LogP contribution in [-0.4, -0.2) is 62.0 Å². The Morgan fingerprint density at radius 1 is 1.21 bits per heavy atom. The summed E-state index contributed by atoms with van der Waals surface area (Å²) in [7, 11) is 2.67. The number of thioether (sulfide) groups is 1. The van der Waals surface area contributed by atoms with Gasteiger partial charge in [0.2, 0.25) is 0 Å². The van der Waals surface area contributed by atoms with E-state index < -0.39 is 29.6 Å². The summed E-state index contributed by atoms with van der Waals surface area (Å²) in [6, 6.07) is 3.21. The maximum atomic E-state index is 12.5. The summed E-state index contributed by atoms with van der Waals surface area (Å²) >= 11 is 4.05. The quantitative estimate of drug-likeness (QED) is 0.403. The van der Waals surface area contributed by atoms with Crippen molar-refractivity contribution in [1.29, 1.82) is 0 Å². The van der Waals surface area contributed by atoms with Gasteiger partial charge in [-0.1, -0.05) is 0 Å². The van der Waals surface area contributed by atoms with E-state index in [1.165, 1.54) is 20.3 Å². The van der Waals surface area contributed by atoms with Gasteiger partial charge in [0, 0.05) is 0 Å². The zero-order chi connectivity index (χ0) is 21.6. The fraction of sp³-hybridized carbons (Fsp3) is 0.333. The van der Waals surface area contributed by atoms with Gasteiger partial charge in [0.25, 0.3) is 11.1 Å². The number of carbonyl (C=O) groups excluding carboxylic acids is 4. The lowest BCUT2D eigenvalue weighted by Crippen LogP contribution is -2.34. The normalized spacial score (nSPS) is 14.9. The van der Waals surface area contributed by atoms with E-state index in [9.17, 15) is 19.2 Å². The highest BCUT2D eigenvalue weighted by Crippen LogP contribution is 2.39. The average molecular weight is 488 g/mol.